The first kappa shape index (κ1) is 17.9. The van der Waals surface area contributed by atoms with Crippen molar-refractivity contribution < 1.29 is 9.53 Å². The summed E-state index contributed by atoms with van der Waals surface area (Å²) in [4.78, 5) is 15.0. The zero-order valence-corrected chi connectivity index (χ0v) is 14.5. The first-order chi connectivity index (χ1) is 11.5. The Morgan fingerprint density at radius 3 is 2.67 bits per heavy atom. The van der Waals surface area contributed by atoms with Gasteiger partial charge in [-0.25, -0.2) is 4.98 Å². The molecule has 0 aliphatic heterocycles. The number of nitrogens with one attached hydrogen (secondary N) is 1. The lowest BCUT2D eigenvalue weighted by molar-refractivity contribution is 0.0995. The fraction of sp³-hybridized carbons (Fsp3) is 0.368. The number of carbonyl (C=O) groups excluding carboxylic acids is 1. The van der Waals surface area contributed by atoms with Crippen molar-refractivity contribution in [3.05, 3.63) is 53.3 Å². The summed E-state index contributed by atoms with van der Waals surface area (Å²) in [6.45, 7) is 8.33. The van der Waals surface area contributed by atoms with Gasteiger partial charge in [-0.2, -0.15) is 0 Å². The van der Waals surface area contributed by atoms with E-state index in [0.717, 1.165) is 24.4 Å². The normalized spacial score (nSPS) is 10.8. The van der Waals surface area contributed by atoms with Crippen LogP contribution in [0.3, 0.4) is 0 Å². The summed E-state index contributed by atoms with van der Waals surface area (Å²) in [5, 5.41) is 3.45. The number of aromatic nitrogens is 1. The molecule has 0 radical (unpaired) electrons. The van der Waals surface area contributed by atoms with Gasteiger partial charge in [0.1, 0.15) is 17.2 Å². The van der Waals surface area contributed by atoms with Crippen molar-refractivity contribution in [1.29, 1.82) is 0 Å². The summed E-state index contributed by atoms with van der Waals surface area (Å²) < 4.78 is 5.82. The fourth-order valence-corrected chi connectivity index (χ4v) is 2.27. The number of primary amides is 1. The van der Waals surface area contributed by atoms with E-state index in [9.17, 15) is 4.79 Å². The number of nitrogens with zero attached hydrogens (tertiary/aromatic N) is 1. The summed E-state index contributed by atoms with van der Waals surface area (Å²) in [6, 6.07) is 9.36. The van der Waals surface area contributed by atoms with Crippen LogP contribution in [0.2, 0.25) is 0 Å². The van der Waals surface area contributed by atoms with Gasteiger partial charge >= 0.3 is 0 Å². The minimum atomic E-state index is -0.549. The molecule has 0 atom stereocenters. The molecule has 1 amide bonds. The summed E-state index contributed by atoms with van der Waals surface area (Å²) >= 11 is 0. The molecule has 0 fully saturated rings. The van der Waals surface area contributed by atoms with Gasteiger partial charge in [-0.05, 0) is 55.1 Å². The van der Waals surface area contributed by atoms with Crippen LogP contribution in [0.5, 0.6) is 11.5 Å². The van der Waals surface area contributed by atoms with E-state index in [1.807, 2.05) is 13.0 Å². The lowest BCUT2D eigenvalue weighted by Gasteiger charge is -2.11. The molecule has 5 nitrogen and oxygen atoms in total. The van der Waals surface area contributed by atoms with Crippen LogP contribution in [0.15, 0.2) is 36.5 Å². The molecule has 0 unspecified atom stereocenters. The van der Waals surface area contributed by atoms with Crippen LogP contribution < -0.4 is 15.8 Å². The van der Waals surface area contributed by atoms with Crippen LogP contribution in [0.4, 0.5) is 0 Å². The zero-order valence-electron chi connectivity index (χ0n) is 14.5. The quantitative estimate of drug-likeness (QED) is 0.728. The molecule has 2 rings (SSSR count). The first-order valence-electron chi connectivity index (χ1n) is 8.19. The number of carbonyl (C=O) groups is 1. The third-order valence-corrected chi connectivity index (χ3v) is 3.68. The van der Waals surface area contributed by atoms with Crippen LogP contribution >= 0.6 is 0 Å². The van der Waals surface area contributed by atoms with Crippen molar-refractivity contribution in [2.24, 2.45) is 11.7 Å². The second kappa shape index (κ2) is 8.45. The minimum absolute atomic E-state index is 0.224. The fourth-order valence-electron chi connectivity index (χ4n) is 2.27. The van der Waals surface area contributed by atoms with Crippen LogP contribution in [-0.4, -0.2) is 17.4 Å². The molecular formula is C19H25N3O2. The monoisotopic (exact) mass is 327 g/mol. The molecule has 0 saturated heterocycles. The van der Waals surface area contributed by atoms with Crippen LogP contribution in [-0.2, 0) is 6.54 Å². The van der Waals surface area contributed by atoms with Crippen molar-refractivity contribution in [3.63, 3.8) is 0 Å². The van der Waals surface area contributed by atoms with Gasteiger partial charge in [0.25, 0.3) is 5.91 Å². The number of pyridine rings is 1. The lowest BCUT2D eigenvalue weighted by atomic mass is 10.1. The minimum Gasteiger partial charge on any atom is -0.455 e. The van der Waals surface area contributed by atoms with E-state index in [2.05, 4.69) is 36.3 Å². The average Bonchev–Trinajstić information content (AvgIpc) is 2.54. The van der Waals surface area contributed by atoms with Crippen LogP contribution in [0, 0.1) is 12.8 Å². The molecule has 0 spiro atoms. The highest BCUT2D eigenvalue weighted by atomic mass is 16.5. The predicted molar refractivity (Wildman–Crippen MR) is 95.2 cm³/mol. The molecule has 0 saturated carbocycles. The molecule has 0 aliphatic rings. The predicted octanol–water partition coefficient (Wildman–Crippen LogP) is 3.42. The number of aryl methyl sites for hydroxylation is 1. The Kier molecular flexibility index (Phi) is 6.32. The smallest absolute Gasteiger partial charge is 0.267 e. The maximum atomic E-state index is 11.0. The Morgan fingerprint density at radius 1 is 1.29 bits per heavy atom. The van der Waals surface area contributed by atoms with E-state index in [-0.39, 0.29) is 5.69 Å². The van der Waals surface area contributed by atoms with Crippen LogP contribution in [0.25, 0.3) is 0 Å². The van der Waals surface area contributed by atoms with Gasteiger partial charge in [-0.3, -0.25) is 4.79 Å². The molecule has 0 aliphatic carbocycles. The van der Waals surface area contributed by atoms with Gasteiger partial charge in [0.05, 0.1) is 6.20 Å². The standard InChI is InChI=1S/C19H25N3O2/c1-13(2)8-9-21-11-15-4-7-18(14(3)10-15)24-16-5-6-17(19(20)23)22-12-16/h4-7,10,12-13,21H,8-9,11H2,1-3H3,(H2,20,23). The molecule has 1 aromatic carbocycles. The summed E-state index contributed by atoms with van der Waals surface area (Å²) in [6.07, 6.45) is 2.68. The SMILES string of the molecule is Cc1cc(CNCCC(C)C)ccc1Oc1ccc(C(N)=O)nc1. The molecule has 5 heteroatoms. The van der Waals surface area contributed by atoms with E-state index < -0.39 is 5.91 Å². The number of rotatable bonds is 8. The van der Waals surface area contributed by atoms with Gasteiger partial charge in [0.15, 0.2) is 0 Å². The van der Waals surface area contributed by atoms with E-state index in [4.69, 9.17) is 10.5 Å². The van der Waals surface area contributed by atoms with Crippen molar-refractivity contribution in [2.45, 2.75) is 33.7 Å². The lowest BCUT2D eigenvalue weighted by Crippen LogP contribution is -2.16. The highest BCUT2D eigenvalue weighted by Gasteiger charge is 2.06. The van der Waals surface area contributed by atoms with Gasteiger partial charge in [-0.15, -0.1) is 0 Å². The summed E-state index contributed by atoms with van der Waals surface area (Å²) in [5.74, 6) is 1.51. The maximum Gasteiger partial charge on any atom is 0.267 e. The third-order valence-electron chi connectivity index (χ3n) is 3.68. The molecule has 24 heavy (non-hydrogen) atoms. The van der Waals surface area contributed by atoms with E-state index in [0.29, 0.717) is 11.7 Å². The van der Waals surface area contributed by atoms with Crippen molar-refractivity contribution in [1.82, 2.24) is 10.3 Å². The van der Waals surface area contributed by atoms with Gasteiger partial charge < -0.3 is 15.8 Å². The second-order valence-corrected chi connectivity index (χ2v) is 6.30. The molecular weight excluding hydrogens is 302 g/mol. The number of benzene rings is 1. The Labute approximate surface area is 143 Å². The van der Waals surface area contributed by atoms with E-state index >= 15 is 0 Å². The molecule has 2 aromatic rings. The maximum absolute atomic E-state index is 11.0. The Morgan fingerprint density at radius 2 is 2.08 bits per heavy atom. The largest absolute Gasteiger partial charge is 0.455 e. The number of amides is 1. The van der Waals surface area contributed by atoms with E-state index in [1.165, 1.54) is 18.2 Å². The number of hydrogen-bond acceptors (Lipinski definition) is 4. The Bertz CT molecular complexity index is 682. The molecule has 3 N–H and O–H groups in total. The Balaban J connectivity index is 1.95. The highest BCUT2D eigenvalue weighted by Crippen LogP contribution is 2.25. The highest BCUT2D eigenvalue weighted by molar-refractivity contribution is 5.90. The third kappa shape index (κ3) is 5.35. The summed E-state index contributed by atoms with van der Waals surface area (Å²) in [7, 11) is 0. The van der Waals surface area contributed by atoms with Gasteiger partial charge in [0.2, 0.25) is 0 Å². The topological polar surface area (TPSA) is 77.2 Å². The summed E-state index contributed by atoms with van der Waals surface area (Å²) in [5.41, 5.74) is 7.68. The Hall–Kier alpha value is -2.40. The number of ether oxygens (including phenoxy) is 1. The molecule has 1 heterocycles. The van der Waals surface area contributed by atoms with E-state index in [1.54, 1.807) is 12.1 Å². The molecule has 128 valence electrons. The van der Waals surface area contributed by atoms with Crippen molar-refractivity contribution in [3.8, 4) is 11.5 Å². The average molecular weight is 327 g/mol. The molecule has 1 aromatic heterocycles. The first-order valence-corrected chi connectivity index (χ1v) is 8.19. The second-order valence-electron chi connectivity index (χ2n) is 6.30. The van der Waals surface area contributed by atoms with Crippen molar-refractivity contribution >= 4 is 5.91 Å². The van der Waals surface area contributed by atoms with Crippen molar-refractivity contribution in [2.75, 3.05) is 6.54 Å². The zero-order chi connectivity index (χ0) is 17.5. The molecule has 0 bridgehead atoms. The number of hydrogen-bond donors (Lipinski definition) is 2. The van der Waals surface area contributed by atoms with Gasteiger partial charge in [-0.1, -0.05) is 26.0 Å². The number of nitrogens with two attached hydrogens (primary N) is 1. The van der Waals surface area contributed by atoms with Gasteiger partial charge in [0, 0.05) is 6.54 Å². The van der Waals surface area contributed by atoms with Crippen LogP contribution in [0.1, 0.15) is 41.9 Å².